The second-order valence-corrected chi connectivity index (χ2v) is 10.7. The van der Waals surface area contributed by atoms with Gasteiger partial charge in [0.05, 0.1) is 29.0 Å². The van der Waals surface area contributed by atoms with Crippen molar-refractivity contribution in [2.75, 3.05) is 0 Å². The van der Waals surface area contributed by atoms with E-state index in [0.717, 1.165) is 22.2 Å². The molecule has 208 valence electrons. The summed E-state index contributed by atoms with van der Waals surface area (Å²) in [5.41, 5.74) is 3.10. The van der Waals surface area contributed by atoms with Crippen molar-refractivity contribution in [1.29, 1.82) is 0 Å². The van der Waals surface area contributed by atoms with Crippen LogP contribution in [0, 0.1) is 10.1 Å². The fourth-order valence-corrected chi connectivity index (χ4v) is 4.00. The first-order valence-electron chi connectivity index (χ1n) is 13.0. The van der Waals surface area contributed by atoms with Crippen molar-refractivity contribution in [2.24, 2.45) is 0 Å². The highest BCUT2D eigenvalue weighted by molar-refractivity contribution is 6.62. The van der Waals surface area contributed by atoms with Crippen molar-refractivity contribution < 1.29 is 33.3 Å². The van der Waals surface area contributed by atoms with Gasteiger partial charge >= 0.3 is 19.1 Å². The Morgan fingerprint density at radius 1 is 0.700 bits per heavy atom. The maximum absolute atomic E-state index is 12.4. The van der Waals surface area contributed by atoms with Gasteiger partial charge in [-0.15, -0.1) is 0 Å². The lowest BCUT2D eigenvalue weighted by atomic mass is 9.79. The van der Waals surface area contributed by atoms with E-state index in [9.17, 15) is 19.7 Å². The minimum atomic E-state index is -0.492. The third kappa shape index (κ3) is 7.34. The zero-order valence-corrected chi connectivity index (χ0v) is 23.0. The number of rotatable bonds is 10. The Morgan fingerprint density at radius 3 is 1.50 bits per heavy atom. The highest BCUT2D eigenvalue weighted by Crippen LogP contribution is 2.36. The number of nitrogens with zero attached hydrogens (tertiary/aromatic N) is 1. The molecular weight excluding hydrogens is 513 g/mol. The summed E-state index contributed by atoms with van der Waals surface area (Å²) in [6.07, 6.45) is 0.134. The van der Waals surface area contributed by atoms with E-state index in [1.54, 1.807) is 24.3 Å². The molecule has 0 unspecified atom stereocenters. The van der Waals surface area contributed by atoms with Crippen LogP contribution in [0.5, 0.6) is 0 Å². The van der Waals surface area contributed by atoms with E-state index in [0.29, 0.717) is 5.56 Å². The van der Waals surface area contributed by atoms with Crippen LogP contribution in [0.1, 0.15) is 49.9 Å². The largest absolute Gasteiger partial charge is 0.494 e. The zero-order valence-electron chi connectivity index (χ0n) is 23.0. The molecule has 3 aromatic rings. The lowest BCUT2D eigenvalue weighted by Crippen LogP contribution is -2.41. The van der Waals surface area contributed by atoms with E-state index < -0.39 is 29.2 Å². The molecule has 1 heterocycles. The smallest absolute Gasteiger partial charge is 0.461 e. The summed E-state index contributed by atoms with van der Waals surface area (Å²) in [5, 5.41) is 10.7. The molecule has 0 aromatic heterocycles. The number of non-ortho nitro benzene ring substituents is 1. The van der Waals surface area contributed by atoms with Gasteiger partial charge in [0, 0.05) is 12.1 Å². The highest BCUT2D eigenvalue weighted by Gasteiger charge is 2.51. The monoisotopic (exact) mass is 545 g/mol. The molecule has 3 aromatic carbocycles. The lowest BCUT2D eigenvalue weighted by Gasteiger charge is -2.32. The molecule has 10 heteroatoms. The van der Waals surface area contributed by atoms with E-state index in [1.807, 2.05) is 52.0 Å². The van der Waals surface area contributed by atoms with Crippen LogP contribution in [0.15, 0.2) is 72.8 Å². The fraction of sp³-hybridized carbons (Fsp3) is 0.333. The predicted molar refractivity (Wildman–Crippen MR) is 149 cm³/mol. The summed E-state index contributed by atoms with van der Waals surface area (Å²) >= 11 is 0. The molecule has 0 aliphatic carbocycles. The number of ether oxygens (including phenoxy) is 2. The van der Waals surface area contributed by atoms with Gasteiger partial charge in [-0.3, -0.25) is 19.7 Å². The highest BCUT2D eigenvalue weighted by atomic mass is 16.7. The Hall–Kier alpha value is -4.02. The Bertz CT molecular complexity index is 1340. The number of esters is 2. The van der Waals surface area contributed by atoms with Gasteiger partial charge in [0.15, 0.2) is 0 Å². The van der Waals surface area contributed by atoms with Gasteiger partial charge in [0.1, 0.15) is 13.2 Å². The van der Waals surface area contributed by atoms with Crippen LogP contribution in [-0.2, 0) is 54.4 Å². The summed E-state index contributed by atoms with van der Waals surface area (Å²) in [6.45, 7) is 8.28. The molecule has 1 aliphatic rings. The Morgan fingerprint density at radius 2 is 1.07 bits per heavy atom. The number of hydrogen-bond donors (Lipinski definition) is 0. The molecule has 9 nitrogen and oxygen atoms in total. The first-order chi connectivity index (χ1) is 18.9. The van der Waals surface area contributed by atoms with E-state index in [4.69, 9.17) is 18.8 Å². The molecule has 0 saturated carbocycles. The number of benzene rings is 3. The number of hydrogen-bond acceptors (Lipinski definition) is 8. The Kier molecular flexibility index (Phi) is 8.71. The van der Waals surface area contributed by atoms with Crippen molar-refractivity contribution in [3.8, 4) is 0 Å². The topological polar surface area (TPSA) is 114 Å². The number of carbonyl (C=O) groups excluding carboxylic acids is 2. The van der Waals surface area contributed by atoms with Gasteiger partial charge in [-0.2, -0.15) is 0 Å². The number of nitro benzene ring substituents is 1. The molecular formula is C30H32BNO8. The van der Waals surface area contributed by atoms with Crippen molar-refractivity contribution in [1.82, 2.24) is 0 Å². The van der Waals surface area contributed by atoms with Gasteiger partial charge in [0.25, 0.3) is 5.69 Å². The third-order valence-electron chi connectivity index (χ3n) is 7.17. The van der Waals surface area contributed by atoms with Crippen molar-refractivity contribution >= 4 is 30.2 Å². The van der Waals surface area contributed by atoms with Gasteiger partial charge in [0.2, 0.25) is 0 Å². The predicted octanol–water partition coefficient (Wildman–Crippen LogP) is 4.47. The minimum absolute atomic E-state index is 0.0170. The minimum Gasteiger partial charge on any atom is -0.461 e. The quantitative estimate of drug-likeness (QED) is 0.159. The Balaban J connectivity index is 1.19. The van der Waals surface area contributed by atoms with Crippen LogP contribution in [0.25, 0.3) is 0 Å². The van der Waals surface area contributed by atoms with E-state index in [-0.39, 0.29) is 37.7 Å². The molecule has 0 atom stereocenters. The van der Waals surface area contributed by atoms with E-state index >= 15 is 0 Å². The molecule has 0 spiro atoms. The van der Waals surface area contributed by atoms with Crippen LogP contribution in [0.2, 0.25) is 0 Å². The molecule has 0 radical (unpaired) electrons. The van der Waals surface area contributed by atoms with Gasteiger partial charge in [-0.25, -0.2) is 0 Å². The second-order valence-electron chi connectivity index (χ2n) is 10.7. The summed E-state index contributed by atoms with van der Waals surface area (Å²) < 4.78 is 22.9. The first-order valence-corrected chi connectivity index (χ1v) is 13.0. The maximum atomic E-state index is 12.4. The van der Waals surface area contributed by atoms with Gasteiger partial charge in [-0.05, 0) is 55.4 Å². The lowest BCUT2D eigenvalue weighted by molar-refractivity contribution is -0.384. The van der Waals surface area contributed by atoms with E-state index in [1.165, 1.54) is 24.3 Å². The summed E-state index contributed by atoms with van der Waals surface area (Å²) in [5.74, 6) is -0.789. The summed E-state index contributed by atoms with van der Waals surface area (Å²) in [7, 11) is -0.442. The molecule has 0 bridgehead atoms. The summed E-state index contributed by atoms with van der Waals surface area (Å²) in [4.78, 5) is 34.7. The number of nitro groups is 1. The third-order valence-corrected chi connectivity index (χ3v) is 7.17. The molecule has 0 N–H and O–H groups in total. The van der Waals surface area contributed by atoms with Crippen molar-refractivity contribution in [3.63, 3.8) is 0 Å². The second kappa shape index (κ2) is 12.0. The standard InChI is InChI=1S/C30H32BNO8/c1-29(2)30(3,4)40-31(39-29)25-13-9-24(10-14-25)20-38-27(33)17-21-5-7-23(8-6-21)19-37-28(34)18-22-11-15-26(16-12-22)32(35)36/h5-16H,17-20H2,1-4H3. The van der Waals surface area contributed by atoms with Crippen molar-refractivity contribution in [3.05, 3.63) is 105 Å². The fourth-order valence-electron chi connectivity index (χ4n) is 4.00. The maximum Gasteiger partial charge on any atom is 0.494 e. The van der Waals surface area contributed by atoms with Crippen molar-refractivity contribution in [2.45, 2.75) is 65.0 Å². The first kappa shape index (κ1) is 29.0. The van der Waals surface area contributed by atoms with Crippen LogP contribution in [0.3, 0.4) is 0 Å². The zero-order chi connectivity index (χ0) is 28.9. The van der Waals surface area contributed by atoms with E-state index in [2.05, 4.69) is 0 Å². The average molecular weight is 545 g/mol. The van der Waals surface area contributed by atoms with Gasteiger partial charge < -0.3 is 18.8 Å². The molecule has 40 heavy (non-hydrogen) atoms. The molecule has 4 rings (SSSR count). The van der Waals surface area contributed by atoms with Gasteiger partial charge in [-0.1, -0.05) is 60.7 Å². The van der Waals surface area contributed by atoms with Crippen LogP contribution in [-0.4, -0.2) is 35.2 Å². The van der Waals surface area contributed by atoms with Crippen LogP contribution in [0.4, 0.5) is 5.69 Å². The number of carbonyl (C=O) groups is 2. The van der Waals surface area contributed by atoms with Crippen LogP contribution >= 0.6 is 0 Å². The SMILES string of the molecule is CC1(C)OB(c2ccc(COC(=O)Cc3ccc(COC(=O)Cc4ccc([N+](=O)[O-])cc4)cc3)cc2)OC1(C)C. The molecule has 1 fully saturated rings. The normalized spacial score (nSPS) is 15.4. The molecule has 1 saturated heterocycles. The molecule has 0 amide bonds. The van der Waals surface area contributed by atoms with Crippen LogP contribution < -0.4 is 5.46 Å². The Labute approximate surface area is 233 Å². The molecule has 1 aliphatic heterocycles. The summed E-state index contributed by atoms with van der Waals surface area (Å²) in [6, 6.07) is 20.6. The average Bonchev–Trinajstić information content (AvgIpc) is 3.14.